The molecule has 0 radical (unpaired) electrons. The maximum Gasteiger partial charge on any atom is 0.270 e. The molecule has 174 valence electrons. The third-order valence-corrected chi connectivity index (χ3v) is 5.22. The molecule has 33 heavy (non-hydrogen) atoms. The molecule has 0 saturated carbocycles. The van der Waals surface area contributed by atoms with E-state index in [-0.39, 0.29) is 17.7 Å². The largest absolute Gasteiger partial charge is 0.493 e. The summed E-state index contributed by atoms with van der Waals surface area (Å²) in [6.07, 6.45) is 6.54. The third-order valence-electron chi connectivity index (χ3n) is 5.22. The maximum absolute atomic E-state index is 13.1. The van der Waals surface area contributed by atoms with Crippen molar-refractivity contribution in [2.24, 2.45) is 0 Å². The van der Waals surface area contributed by atoms with Crippen LogP contribution in [-0.2, 0) is 16.1 Å². The Labute approximate surface area is 193 Å². The Balaban J connectivity index is 1.78. The number of rotatable bonds is 11. The summed E-state index contributed by atoms with van der Waals surface area (Å²) in [5.41, 5.74) is 1.44. The Morgan fingerprint density at radius 2 is 2.15 bits per heavy atom. The standard InChI is InChI=1S/C25H28N2O6/c1-3-13-33-23-11-9-20(16-24(23)31-2)17-26(18-22-8-5-14-32-22)25(28)12-10-19-6-4-7-21(15-19)27(29)30/h3-4,6-7,9-12,15-16,22H,1,5,8,13-14,17-18H2,2H3/b12-10+. The van der Waals surface area contributed by atoms with E-state index in [2.05, 4.69) is 6.58 Å². The fourth-order valence-corrected chi connectivity index (χ4v) is 3.58. The summed E-state index contributed by atoms with van der Waals surface area (Å²) in [6.45, 7) is 5.51. The average Bonchev–Trinajstić information content (AvgIpc) is 3.34. The molecule has 0 aliphatic carbocycles. The summed E-state index contributed by atoms with van der Waals surface area (Å²) >= 11 is 0. The van der Waals surface area contributed by atoms with Crippen molar-refractivity contribution in [3.63, 3.8) is 0 Å². The number of carbonyl (C=O) groups excluding carboxylic acids is 1. The lowest BCUT2D eigenvalue weighted by molar-refractivity contribution is -0.384. The molecule has 0 spiro atoms. The van der Waals surface area contributed by atoms with E-state index in [4.69, 9.17) is 14.2 Å². The Bertz CT molecular complexity index is 1010. The second kappa shape index (κ2) is 11.8. The molecule has 0 aromatic heterocycles. The van der Waals surface area contributed by atoms with Crippen LogP contribution in [0.1, 0.15) is 24.0 Å². The van der Waals surface area contributed by atoms with E-state index >= 15 is 0 Å². The van der Waals surface area contributed by atoms with Crippen LogP contribution in [0.15, 0.2) is 61.2 Å². The van der Waals surface area contributed by atoms with Crippen molar-refractivity contribution in [2.75, 3.05) is 26.9 Å². The summed E-state index contributed by atoms with van der Waals surface area (Å²) in [4.78, 5) is 25.3. The number of nitro benzene ring substituents is 1. The van der Waals surface area contributed by atoms with Crippen LogP contribution in [0, 0.1) is 10.1 Å². The van der Waals surface area contributed by atoms with Gasteiger partial charge < -0.3 is 19.1 Å². The maximum atomic E-state index is 13.1. The molecule has 1 heterocycles. The zero-order chi connectivity index (χ0) is 23.6. The molecular weight excluding hydrogens is 424 g/mol. The highest BCUT2D eigenvalue weighted by atomic mass is 16.6. The van der Waals surface area contributed by atoms with Crippen LogP contribution in [0.2, 0.25) is 0 Å². The van der Waals surface area contributed by atoms with E-state index in [0.717, 1.165) is 18.4 Å². The minimum Gasteiger partial charge on any atom is -0.493 e. The fourth-order valence-electron chi connectivity index (χ4n) is 3.58. The third kappa shape index (κ3) is 6.92. The van der Waals surface area contributed by atoms with Crippen LogP contribution in [0.3, 0.4) is 0 Å². The first-order valence-electron chi connectivity index (χ1n) is 10.7. The van der Waals surface area contributed by atoms with Crippen LogP contribution in [-0.4, -0.2) is 48.7 Å². The van der Waals surface area contributed by atoms with Crippen LogP contribution < -0.4 is 9.47 Å². The predicted octanol–water partition coefficient (Wildman–Crippen LogP) is 4.39. The highest BCUT2D eigenvalue weighted by Gasteiger charge is 2.22. The van der Waals surface area contributed by atoms with E-state index in [1.807, 2.05) is 18.2 Å². The van der Waals surface area contributed by atoms with Crippen LogP contribution in [0.5, 0.6) is 11.5 Å². The molecule has 8 heteroatoms. The molecule has 2 aromatic rings. The van der Waals surface area contributed by atoms with Gasteiger partial charge in [-0.2, -0.15) is 0 Å². The van der Waals surface area contributed by atoms with Gasteiger partial charge in [-0.05, 0) is 42.2 Å². The summed E-state index contributed by atoms with van der Waals surface area (Å²) < 4.78 is 16.8. The van der Waals surface area contributed by atoms with Crippen LogP contribution in [0.4, 0.5) is 5.69 Å². The fraction of sp³-hybridized carbons (Fsp3) is 0.320. The number of hydrogen-bond donors (Lipinski definition) is 0. The molecule has 1 fully saturated rings. The molecule has 0 N–H and O–H groups in total. The summed E-state index contributed by atoms with van der Waals surface area (Å²) in [7, 11) is 1.57. The van der Waals surface area contributed by atoms with Crippen molar-refractivity contribution in [3.05, 3.63) is 82.4 Å². The van der Waals surface area contributed by atoms with Crippen LogP contribution in [0.25, 0.3) is 6.08 Å². The van der Waals surface area contributed by atoms with Gasteiger partial charge in [0.1, 0.15) is 6.61 Å². The van der Waals surface area contributed by atoms with Gasteiger partial charge in [0.25, 0.3) is 5.69 Å². The quantitative estimate of drug-likeness (QED) is 0.217. The summed E-state index contributed by atoms with van der Waals surface area (Å²) in [6, 6.07) is 11.7. The number of non-ortho nitro benzene ring substituents is 1. The summed E-state index contributed by atoms with van der Waals surface area (Å²) in [5, 5.41) is 11.0. The van der Waals surface area contributed by atoms with Gasteiger partial charge >= 0.3 is 0 Å². The SMILES string of the molecule is C=CCOc1ccc(CN(CC2CCCO2)C(=O)/C=C/c2cccc([N+](=O)[O-])c2)cc1OC. The number of nitro groups is 1. The van der Waals surface area contributed by atoms with E-state index < -0.39 is 4.92 Å². The van der Waals surface area contributed by atoms with Crippen molar-refractivity contribution in [3.8, 4) is 11.5 Å². The molecule has 1 saturated heterocycles. The molecule has 3 rings (SSSR count). The lowest BCUT2D eigenvalue weighted by Gasteiger charge is -2.25. The second-order valence-corrected chi connectivity index (χ2v) is 7.62. The normalized spacial score (nSPS) is 15.4. The first-order valence-corrected chi connectivity index (χ1v) is 10.7. The summed E-state index contributed by atoms with van der Waals surface area (Å²) in [5.74, 6) is 0.970. The highest BCUT2D eigenvalue weighted by molar-refractivity contribution is 5.91. The van der Waals surface area contributed by atoms with Crippen molar-refractivity contribution in [2.45, 2.75) is 25.5 Å². The molecule has 1 atom stereocenters. The molecule has 8 nitrogen and oxygen atoms in total. The van der Waals surface area contributed by atoms with Gasteiger partial charge in [-0.3, -0.25) is 14.9 Å². The minimum atomic E-state index is -0.460. The van der Waals surface area contributed by atoms with Crippen molar-refractivity contribution < 1.29 is 23.9 Å². The van der Waals surface area contributed by atoms with Crippen LogP contribution >= 0.6 is 0 Å². The Morgan fingerprint density at radius 3 is 2.85 bits per heavy atom. The van der Waals surface area contributed by atoms with Crippen molar-refractivity contribution >= 4 is 17.7 Å². The molecule has 0 bridgehead atoms. The van der Waals surface area contributed by atoms with Gasteiger partial charge in [0.2, 0.25) is 5.91 Å². The van der Waals surface area contributed by atoms with Gasteiger partial charge in [0.15, 0.2) is 11.5 Å². The average molecular weight is 453 g/mol. The smallest absolute Gasteiger partial charge is 0.270 e. The van der Waals surface area contributed by atoms with Crippen molar-refractivity contribution in [1.82, 2.24) is 4.90 Å². The van der Waals surface area contributed by atoms with Gasteiger partial charge in [0.05, 0.1) is 18.1 Å². The number of amides is 1. The molecule has 1 aliphatic heterocycles. The van der Waals surface area contributed by atoms with Gasteiger partial charge in [-0.1, -0.05) is 30.9 Å². The zero-order valence-corrected chi connectivity index (χ0v) is 18.6. The number of nitrogens with zero attached hydrogens (tertiary/aromatic N) is 2. The first-order chi connectivity index (χ1) is 16.0. The molecule has 2 aromatic carbocycles. The molecule has 1 unspecified atom stereocenters. The predicted molar refractivity (Wildman–Crippen MR) is 125 cm³/mol. The number of benzene rings is 2. The van der Waals surface area contributed by atoms with E-state index in [1.165, 1.54) is 18.2 Å². The Kier molecular flexibility index (Phi) is 8.60. The van der Waals surface area contributed by atoms with Gasteiger partial charge in [-0.25, -0.2) is 0 Å². The number of ether oxygens (including phenoxy) is 3. The van der Waals surface area contributed by atoms with Gasteiger partial charge in [-0.15, -0.1) is 0 Å². The molecule has 1 amide bonds. The topological polar surface area (TPSA) is 91.1 Å². The Hall–Kier alpha value is -3.65. The van der Waals surface area contributed by atoms with E-state index in [0.29, 0.717) is 43.4 Å². The van der Waals surface area contributed by atoms with E-state index in [9.17, 15) is 14.9 Å². The van der Waals surface area contributed by atoms with Crippen molar-refractivity contribution in [1.29, 1.82) is 0 Å². The first kappa shape index (κ1) is 24.0. The molecule has 1 aliphatic rings. The highest BCUT2D eigenvalue weighted by Crippen LogP contribution is 2.29. The minimum absolute atomic E-state index is 0.0164. The second-order valence-electron chi connectivity index (χ2n) is 7.62. The van der Waals surface area contributed by atoms with Gasteiger partial charge in [0, 0.05) is 37.9 Å². The van der Waals surface area contributed by atoms with E-state index in [1.54, 1.807) is 36.3 Å². The zero-order valence-electron chi connectivity index (χ0n) is 18.6. The number of methoxy groups -OCH3 is 1. The molecular formula is C25H28N2O6. The monoisotopic (exact) mass is 452 g/mol. The number of carbonyl (C=O) groups is 1. The lowest BCUT2D eigenvalue weighted by Crippen LogP contribution is -2.35. The lowest BCUT2D eigenvalue weighted by atomic mass is 10.1. The number of hydrogen-bond acceptors (Lipinski definition) is 6. The Morgan fingerprint density at radius 1 is 1.30 bits per heavy atom.